The highest BCUT2D eigenvalue weighted by molar-refractivity contribution is 14.0. The lowest BCUT2D eigenvalue weighted by atomic mass is 10.1. The molecule has 2 N–H and O–H groups in total. The van der Waals surface area contributed by atoms with Crippen molar-refractivity contribution in [3.63, 3.8) is 0 Å². The van der Waals surface area contributed by atoms with Gasteiger partial charge in [-0.2, -0.15) is 11.8 Å². The zero-order valence-corrected chi connectivity index (χ0v) is 19.2. The van der Waals surface area contributed by atoms with Crippen LogP contribution in [0, 0.1) is 5.82 Å². The SMILES string of the molecule is CCNC(=NCc1ccc(F)cc1CSC)NCC1CCCN1CC.I. The Morgan fingerprint density at radius 1 is 1.31 bits per heavy atom. The Balaban J connectivity index is 0.00000338. The molecule has 1 aromatic rings. The number of likely N-dealkylation sites (tertiary alicyclic amines) is 1. The molecule has 1 aliphatic heterocycles. The number of likely N-dealkylation sites (N-methyl/N-ethyl adjacent to an activating group) is 1. The van der Waals surface area contributed by atoms with Gasteiger partial charge in [-0.05, 0) is 62.4 Å². The quantitative estimate of drug-likeness (QED) is 0.327. The van der Waals surface area contributed by atoms with Crippen LogP contribution < -0.4 is 10.6 Å². The van der Waals surface area contributed by atoms with Crippen molar-refractivity contribution in [1.82, 2.24) is 15.5 Å². The molecule has 1 aliphatic rings. The lowest BCUT2D eigenvalue weighted by Crippen LogP contribution is -2.44. The summed E-state index contributed by atoms with van der Waals surface area (Å²) in [6.45, 7) is 8.91. The summed E-state index contributed by atoms with van der Waals surface area (Å²) < 4.78 is 13.5. The summed E-state index contributed by atoms with van der Waals surface area (Å²) >= 11 is 1.70. The molecule has 1 unspecified atom stereocenters. The van der Waals surface area contributed by atoms with Gasteiger partial charge in [0.15, 0.2) is 5.96 Å². The molecule has 0 spiro atoms. The largest absolute Gasteiger partial charge is 0.357 e. The maximum Gasteiger partial charge on any atom is 0.191 e. The second-order valence-electron chi connectivity index (χ2n) is 6.35. The van der Waals surface area contributed by atoms with Crippen molar-refractivity contribution < 1.29 is 4.39 Å². The van der Waals surface area contributed by atoms with Crippen molar-refractivity contribution in [2.45, 2.75) is 45.0 Å². The standard InChI is InChI=1S/C19H31FN4S.HI/c1-4-21-19(23-13-18-7-6-10-24(18)5-2)22-12-15-8-9-17(20)11-16(15)14-25-3;/h8-9,11,18H,4-7,10,12-14H2,1-3H3,(H2,21,22,23);1H. The minimum Gasteiger partial charge on any atom is -0.357 e. The average molecular weight is 494 g/mol. The predicted octanol–water partition coefficient (Wildman–Crippen LogP) is 3.85. The van der Waals surface area contributed by atoms with Crippen LogP contribution in [-0.4, -0.2) is 49.3 Å². The molecule has 1 heterocycles. The molecule has 0 aliphatic carbocycles. The molecule has 26 heavy (non-hydrogen) atoms. The Bertz CT molecular complexity index is 570. The van der Waals surface area contributed by atoms with Gasteiger partial charge < -0.3 is 10.6 Å². The molecule has 1 fully saturated rings. The molecular weight excluding hydrogens is 462 g/mol. The second-order valence-corrected chi connectivity index (χ2v) is 7.21. The van der Waals surface area contributed by atoms with E-state index in [-0.39, 0.29) is 29.8 Å². The smallest absolute Gasteiger partial charge is 0.191 e. The zero-order chi connectivity index (χ0) is 18.1. The molecule has 148 valence electrons. The summed E-state index contributed by atoms with van der Waals surface area (Å²) in [5, 5.41) is 6.79. The van der Waals surface area contributed by atoms with Crippen LogP contribution in [0.2, 0.25) is 0 Å². The van der Waals surface area contributed by atoms with Crippen LogP contribution in [0.15, 0.2) is 23.2 Å². The van der Waals surface area contributed by atoms with Gasteiger partial charge in [-0.3, -0.25) is 4.90 Å². The van der Waals surface area contributed by atoms with Crippen molar-refractivity contribution in [2.75, 3.05) is 32.4 Å². The third-order valence-corrected chi connectivity index (χ3v) is 5.23. The number of nitrogens with one attached hydrogen (secondary N) is 2. The van der Waals surface area contributed by atoms with Crippen molar-refractivity contribution in [1.29, 1.82) is 0 Å². The molecule has 4 nitrogen and oxygen atoms in total. The summed E-state index contributed by atoms with van der Waals surface area (Å²) in [5.74, 6) is 1.47. The highest BCUT2D eigenvalue weighted by Crippen LogP contribution is 2.18. The van der Waals surface area contributed by atoms with E-state index in [4.69, 9.17) is 4.99 Å². The molecule has 0 saturated carbocycles. The maximum atomic E-state index is 13.5. The van der Waals surface area contributed by atoms with Crippen LogP contribution in [0.1, 0.15) is 37.8 Å². The molecule has 0 aromatic heterocycles. The lowest BCUT2D eigenvalue weighted by Gasteiger charge is -2.24. The Hall–Kier alpha value is -0.540. The summed E-state index contributed by atoms with van der Waals surface area (Å²) in [5.41, 5.74) is 2.11. The van der Waals surface area contributed by atoms with E-state index in [0.29, 0.717) is 12.6 Å². The van der Waals surface area contributed by atoms with E-state index >= 15 is 0 Å². The molecule has 1 saturated heterocycles. The summed E-state index contributed by atoms with van der Waals surface area (Å²) in [4.78, 5) is 7.23. The Labute approximate surface area is 178 Å². The highest BCUT2D eigenvalue weighted by Gasteiger charge is 2.22. The average Bonchev–Trinajstić information content (AvgIpc) is 3.06. The van der Waals surface area contributed by atoms with Crippen molar-refractivity contribution in [3.8, 4) is 0 Å². The van der Waals surface area contributed by atoms with E-state index in [1.54, 1.807) is 17.8 Å². The van der Waals surface area contributed by atoms with Crippen molar-refractivity contribution in [3.05, 3.63) is 35.1 Å². The number of hydrogen-bond acceptors (Lipinski definition) is 3. The third kappa shape index (κ3) is 7.23. The molecule has 1 atom stereocenters. The first-order valence-corrected chi connectivity index (χ1v) is 10.6. The van der Waals surface area contributed by atoms with Crippen LogP contribution in [0.25, 0.3) is 0 Å². The number of thioether (sulfide) groups is 1. The van der Waals surface area contributed by atoms with Gasteiger partial charge in [0.2, 0.25) is 0 Å². The molecular formula is C19H32FIN4S. The zero-order valence-electron chi connectivity index (χ0n) is 16.1. The number of rotatable bonds is 8. The molecule has 1 aromatic carbocycles. The first-order valence-electron chi connectivity index (χ1n) is 9.20. The van der Waals surface area contributed by atoms with E-state index in [0.717, 1.165) is 42.5 Å². The number of nitrogens with zero attached hydrogens (tertiary/aromatic N) is 2. The van der Waals surface area contributed by atoms with Gasteiger partial charge in [0, 0.05) is 24.9 Å². The fourth-order valence-corrected chi connectivity index (χ4v) is 3.88. The van der Waals surface area contributed by atoms with E-state index in [1.807, 2.05) is 12.3 Å². The number of aliphatic imine (C=N–C) groups is 1. The minimum atomic E-state index is -0.178. The van der Waals surface area contributed by atoms with Crippen molar-refractivity contribution in [2.24, 2.45) is 4.99 Å². The molecule has 0 radical (unpaired) electrons. The van der Waals surface area contributed by atoms with Gasteiger partial charge in [0.1, 0.15) is 5.82 Å². The summed E-state index contributed by atoms with van der Waals surface area (Å²) in [7, 11) is 0. The maximum absolute atomic E-state index is 13.5. The topological polar surface area (TPSA) is 39.7 Å². The molecule has 0 bridgehead atoms. The lowest BCUT2D eigenvalue weighted by molar-refractivity contribution is 0.267. The number of hydrogen-bond donors (Lipinski definition) is 2. The summed E-state index contributed by atoms with van der Waals surface area (Å²) in [6.07, 6.45) is 4.56. The summed E-state index contributed by atoms with van der Waals surface area (Å²) in [6, 6.07) is 5.59. The minimum absolute atomic E-state index is 0. The van der Waals surface area contributed by atoms with Crippen LogP contribution >= 0.6 is 35.7 Å². The van der Waals surface area contributed by atoms with Gasteiger partial charge in [-0.15, -0.1) is 24.0 Å². The monoisotopic (exact) mass is 494 g/mol. The van der Waals surface area contributed by atoms with Gasteiger partial charge in [-0.1, -0.05) is 13.0 Å². The fourth-order valence-electron chi connectivity index (χ4n) is 3.30. The second kappa shape index (κ2) is 12.8. The molecule has 2 rings (SSSR count). The third-order valence-electron chi connectivity index (χ3n) is 4.63. The number of halogens is 2. The van der Waals surface area contributed by atoms with E-state index in [9.17, 15) is 4.39 Å². The molecule has 0 amide bonds. The van der Waals surface area contributed by atoms with E-state index < -0.39 is 0 Å². The Kier molecular flexibility index (Phi) is 11.5. The predicted molar refractivity (Wildman–Crippen MR) is 122 cm³/mol. The Morgan fingerprint density at radius 2 is 2.12 bits per heavy atom. The van der Waals surface area contributed by atoms with E-state index in [2.05, 4.69) is 29.4 Å². The van der Waals surface area contributed by atoms with Gasteiger partial charge in [-0.25, -0.2) is 9.38 Å². The first kappa shape index (κ1) is 23.5. The first-order chi connectivity index (χ1) is 12.2. The normalized spacial score (nSPS) is 17.8. The van der Waals surface area contributed by atoms with Gasteiger partial charge >= 0.3 is 0 Å². The number of benzene rings is 1. The fraction of sp³-hybridized carbons (Fsp3) is 0.632. The molecule has 7 heteroatoms. The van der Waals surface area contributed by atoms with Gasteiger partial charge in [0.05, 0.1) is 6.54 Å². The van der Waals surface area contributed by atoms with Crippen LogP contribution in [0.5, 0.6) is 0 Å². The van der Waals surface area contributed by atoms with Crippen LogP contribution in [0.3, 0.4) is 0 Å². The van der Waals surface area contributed by atoms with Gasteiger partial charge in [0.25, 0.3) is 0 Å². The van der Waals surface area contributed by atoms with E-state index in [1.165, 1.54) is 25.5 Å². The highest BCUT2D eigenvalue weighted by atomic mass is 127. The number of guanidine groups is 1. The Morgan fingerprint density at radius 3 is 2.81 bits per heavy atom. The van der Waals surface area contributed by atoms with Crippen molar-refractivity contribution >= 4 is 41.7 Å². The van der Waals surface area contributed by atoms with Crippen LogP contribution in [-0.2, 0) is 12.3 Å². The van der Waals surface area contributed by atoms with Crippen LogP contribution in [0.4, 0.5) is 4.39 Å².